The maximum Gasteiger partial charge on any atom is 0.403 e. The topological polar surface area (TPSA) is 107 Å². The van der Waals surface area contributed by atoms with Gasteiger partial charge in [0.15, 0.2) is 0 Å². The van der Waals surface area contributed by atoms with Gasteiger partial charge in [-0.3, -0.25) is 9.35 Å². The predicted octanol–water partition coefficient (Wildman–Crippen LogP) is 1.47. The van der Waals surface area contributed by atoms with Crippen molar-refractivity contribution in [1.29, 1.82) is 0 Å². The maximum atomic E-state index is 13.4. The summed E-state index contributed by atoms with van der Waals surface area (Å²) >= 11 is 0. The summed E-state index contributed by atoms with van der Waals surface area (Å²) in [5.74, 6) is -1.87. The fourth-order valence-electron chi connectivity index (χ4n) is 3.23. The Hall–Kier alpha value is -1.36. The Morgan fingerprint density at radius 1 is 1.38 bits per heavy atom. The number of alkyl halides is 3. The van der Waals surface area contributed by atoms with Crippen molar-refractivity contribution in [1.82, 2.24) is 0 Å². The highest BCUT2D eigenvalue weighted by atomic mass is 32.2. The Morgan fingerprint density at radius 3 is 2.29 bits per heavy atom. The maximum absolute atomic E-state index is 13.4. The summed E-state index contributed by atoms with van der Waals surface area (Å²) in [5, 5.41) is -5.13. The van der Waals surface area contributed by atoms with Gasteiger partial charge >= 0.3 is 27.3 Å². The molecule has 2 rings (SSSR count). The minimum atomic E-state index is -6.01. The standard InChI is InChI=1S/C13H17F3O7S/c1-10(2)11(3)4-5-12(10,23-8(11)17)9(18)22-6-7(14)13(15,16)24(19,20)21/h7H,4-6H2,1-3H3,(H,19,20,21)/t7?,11-,12?/m1/s1. The minimum absolute atomic E-state index is 0.0761. The van der Waals surface area contributed by atoms with Gasteiger partial charge in [0.25, 0.3) is 0 Å². The summed E-state index contributed by atoms with van der Waals surface area (Å²) in [6, 6.07) is 0. The van der Waals surface area contributed by atoms with Crippen LogP contribution >= 0.6 is 0 Å². The number of rotatable bonds is 5. The molecule has 1 N–H and O–H groups in total. The highest BCUT2D eigenvalue weighted by Gasteiger charge is 2.76. The fraction of sp³-hybridized carbons (Fsp3) is 0.846. The molecule has 0 amide bonds. The van der Waals surface area contributed by atoms with E-state index in [4.69, 9.17) is 9.29 Å². The lowest BCUT2D eigenvalue weighted by atomic mass is 9.66. The Morgan fingerprint density at radius 2 is 1.92 bits per heavy atom. The average molecular weight is 374 g/mol. The number of carbonyl (C=O) groups is 2. The van der Waals surface area contributed by atoms with Crippen molar-refractivity contribution >= 4 is 22.1 Å². The number of fused-ring (bicyclic) bond motifs is 2. The van der Waals surface area contributed by atoms with Crippen LogP contribution in [-0.4, -0.2) is 48.5 Å². The first-order chi connectivity index (χ1) is 10.6. The molecule has 2 bridgehead atoms. The third kappa shape index (κ3) is 2.17. The highest BCUT2D eigenvalue weighted by molar-refractivity contribution is 7.86. The van der Waals surface area contributed by atoms with Crippen LogP contribution in [0, 0.1) is 10.8 Å². The lowest BCUT2D eigenvalue weighted by molar-refractivity contribution is -0.186. The molecule has 0 radical (unpaired) electrons. The molecule has 7 nitrogen and oxygen atoms in total. The molecule has 0 spiro atoms. The number of halogens is 3. The van der Waals surface area contributed by atoms with Gasteiger partial charge in [-0.15, -0.1) is 0 Å². The second-order valence-electron chi connectivity index (χ2n) is 6.78. The van der Waals surface area contributed by atoms with E-state index in [-0.39, 0.29) is 6.42 Å². The van der Waals surface area contributed by atoms with Gasteiger partial charge in [0.2, 0.25) is 11.8 Å². The van der Waals surface area contributed by atoms with E-state index in [9.17, 15) is 31.2 Å². The van der Waals surface area contributed by atoms with Gasteiger partial charge in [0.05, 0.1) is 5.41 Å². The van der Waals surface area contributed by atoms with E-state index in [0.717, 1.165) is 0 Å². The minimum Gasteiger partial charge on any atom is -0.459 e. The smallest absolute Gasteiger partial charge is 0.403 e. The first kappa shape index (κ1) is 19.0. The number of ether oxygens (including phenoxy) is 2. The van der Waals surface area contributed by atoms with Gasteiger partial charge < -0.3 is 9.47 Å². The molecule has 1 aliphatic heterocycles. The number of esters is 2. The molecule has 1 saturated heterocycles. The molecular weight excluding hydrogens is 357 g/mol. The van der Waals surface area contributed by atoms with E-state index >= 15 is 0 Å². The lowest BCUT2D eigenvalue weighted by Crippen LogP contribution is -2.50. The molecule has 2 fully saturated rings. The van der Waals surface area contributed by atoms with Crippen molar-refractivity contribution in [2.24, 2.45) is 10.8 Å². The van der Waals surface area contributed by atoms with Crippen molar-refractivity contribution in [3.8, 4) is 0 Å². The highest BCUT2D eigenvalue weighted by Crippen LogP contribution is 2.65. The zero-order valence-corrected chi connectivity index (χ0v) is 14.0. The van der Waals surface area contributed by atoms with Crippen molar-refractivity contribution in [2.75, 3.05) is 6.61 Å². The molecule has 138 valence electrons. The average Bonchev–Trinajstić information content (AvgIpc) is 2.73. The summed E-state index contributed by atoms with van der Waals surface area (Å²) in [6.07, 6.45) is -3.10. The zero-order valence-electron chi connectivity index (χ0n) is 13.1. The van der Waals surface area contributed by atoms with Crippen molar-refractivity contribution in [2.45, 2.75) is 50.6 Å². The van der Waals surface area contributed by atoms with Crippen LogP contribution in [0.4, 0.5) is 13.2 Å². The molecule has 1 saturated carbocycles. The van der Waals surface area contributed by atoms with E-state index in [0.29, 0.717) is 6.42 Å². The van der Waals surface area contributed by atoms with Crippen molar-refractivity contribution in [3.05, 3.63) is 0 Å². The van der Waals surface area contributed by atoms with Gasteiger partial charge in [-0.25, -0.2) is 9.18 Å². The van der Waals surface area contributed by atoms with Gasteiger partial charge in [-0.2, -0.15) is 17.2 Å². The second kappa shape index (κ2) is 5.07. The zero-order chi connectivity index (χ0) is 18.8. The van der Waals surface area contributed by atoms with E-state index in [1.54, 1.807) is 20.8 Å². The molecule has 3 atom stereocenters. The lowest BCUT2D eigenvalue weighted by Gasteiger charge is -2.34. The van der Waals surface area contributed by atoms with Crippen LogP contribution in [0.5, 0.6) is 0 Å². The van der Waals surface area contributed by atoms with Gasteiger partial charge in [-0.1, -0.05) is 13.8 Å². The van der Waals surface area contributed by atoms with Crippen LogP contribution in [0.1, 0.15) is 33.6 Å². The largest absolute Gasteiger partial charge is 0.459 e. The molecule has 1 aliphatic carbocycles. The predicted molar refractivity (Wildman–Crippen MR) is 72.3 cm³/mol. The third-order valence-corrected chi connectivity index (χ3v) is 6.43. The van der Waals surface area contributed by atoms with Gasteiger partial charge in [-0.05, 0) is 19.8 Å². The summed E-state index contributed by atoms with van der Waals surface area (Å²) in [7, 11) is -6.01. The summed E-state index contributed by atoms with van der Waals surface area (Å²) < 4.78 is 78.5. The van der Waals surface area contributed by atoms with Crippen LogP contribution in [0.3, 0.4) is 0 Å². The summed E-state index contributed by atoms with van der Waals surface area (Å²) in [4.78, 5) is 24.3. The molecule has 2 aliphatic rings. The van der Waals surface area contributed by atoms with E-state index in [2.05, 4.69) is 4.74 Å². The molecule has 0 aromatic heterocycles. The summed E-state index contributed by atoms with van der Waals surface area (Å²) in [6.45, 7) is 3.14. The first-order valence-corrected chi connectivity index (χ1v) is 8.47. The van der Waals surface area contributed by atoms with E-state index < -0.39 is 56.5 Å². The van der Waals surface area contributed by atoms with Crippen molar-refractivity contribution in [3.63, 3.8) is 0 Å². The van der Waals surface area contributed by atoms with Crippen LogP contribution in [-0.2, 0) is 29.2 Å². The monoisotopic (exact) mass is 374 g/mol. The molecule has 0 aromatic carbocycles. The molecule has 11 heteroatoms. The van der Waals surface area contributed by atoms with Gasteiger partial charge in [0, 0.05) is 5.41 Å². The van der Waals surface area contributed by atoms with Crippen LogP contribution in [0.15, 0.2) is 0 Å². The Kier molecular flexibility index (Phi) is 4.01. The molecule has 24 heavy (non-hydrogen) atoms. The third-order valence-electron chi connectivity index (χ3n) is 5.48. The van der Waals surface area contributed by atoms with Gasteiger partial charge in [0.1, 0.15) is 6.61 Å². The Bertz CT molecular complexity index is 690. The fourth-order valence-corrected chi connectivity index (χ4v) is 3.62. The number of hydrogen-bond acceptors (Lipinski definition) is 6. The number of hydrogen-bond donors (Lipinski definition) is 1. The van der Waals surface area contributed by atoms with Crippen LogP contribution in [0.2, 0.25) is 0 Å². The van der Waals surface area contributed by atoms with Crippen molar-refractivity contribution < 1.29 is 45.2 Å². The summed E-state index contributed by atoms with van der Waals surface area (Å²) in [5.41, 5.74) is -3.74. The van der Waals surface area contributed by atoms with Crippen LogP contribution in [0.25, 0.3) is 0 Å². The first-order valence-electron chi connectivity index (χ1n) is 7.03. The second-order valence-corrected chi connectivity index (χ2v) is 8.27. The van der Waals surface area contributed by atoms with Crippen LogP contribution < -0.4 is 0 Å². The Balaban J connectivity index is 2.16. The SMILES string of the molecule is CC1(C)C2(C(=O)OCC(F)C(F)(F)S(=O)(=O)O)CC[C@]1(C)C(=O)O2. The molecule has 1 heterocycles. The van der Waals surface area contributed by atoms with E-state index in [1.807, 2.05) is 0 Å². The Labute approximate surface area is 136 Å². The van der Waals surface area contributed by atoms with E-state index in [1.165, 1.54) is 0 Å². The number of carbonyl (C=O) groups excluding carboxylic acids is 2. The quantitative estimate of drug-likeness (QED) is 0.574. The normalized spacial score (nSPS) is 33.2. The molecule has 2 unspecified atom stereocenters. The molecular formula is C13H17F3O7S. The molecule has 0 aromatic rings.